The van der Waals surface area contributed by atoms with Crippen LogP contribution >= 0.6 is 15.9 Å². The van der Waals surface area contributed by atoms with Gasteiger partial charge in [-0.2, -0.15) is 4.31 Å². The van der Waals surface area contributed by atoms with Crippen LogP contribution < -0.4 is 10.1 Å². The lowest BCUT2D eigenvalue weighted by molar-refractivity contribution is -0.124. The molecular weight excluding hydrogens is 432 g/mol. The Kier molecular flexibility index (Phi) is 6.18. The number of rotatable bonds is 6. The average molecular weight is 453 g/mol. The maximum absolute atomic E-state index is 12.9. The molecule has 2 aromatic rings. The van der Waals surface area contributed by atoms with Crippen molar-refractivity contribution in [1.82, 2.24) is 9.62 Å². The van der Waals surface area contributed by atoms with Crippen LogP contribution in [0.25, 0.3) is 0 Å². The molecule has 1 amide bonds. The van der Waals surface area contributed by atoms with Crippen LogP contribution in [0.15, 0.2) is 57.9 Å². The number of carbonyl (C=O) groups is 1. The fourth-order valence-corrected chi connectivity index (χ4v) is 5.10. The van der Waals surface area contributed by atoms with E-state index in [0.29, 0.717) is 25.1 Å². The summed E-state index contributed by atoms with van der Waals surface area (Å²) in [4.78, 5) is 12.9. The molecule has 8 heteroatoms. The number of hydrogen-bond donors (Lipinski definition) is 1. The Morgan fingerprint density at radius 2 is 1.93 bits per heavy atom. The van der Waals surface area contributed by atoms with Crippen molar-refractivity contribution in [2.24, 2.45) is 0 Å². The molecule has 1 aliphatic heterocycles. The van der Waals surface area contributed by atoms with Crippen molar-refractivity contribution >= 4 is 31.9 Å². The molecule has 1 fully saturated rings. The van der Waals surface area contributed by atoms with Gasteiger partial charge < -0.3 is 10.1 Å². The summed E-state index contributed by atoms with van der Waals surface area (Å²) in [6.07, 6.45) is 1.16. The van der Waals surface area contributed by atoms with E-state index in [2.05, 4.69) is 21.2 Å². The number of nitrogens with zero attached hydrogens (tertiary/aromatic N) is 1. The molecule has 144 valence electrons. The molecule has 1 aliphatic rings. The first-order valence-electron chi connectivity index (χ1n) is 8.60. The molecule has 6 nitrogen and oxygen atoms in total. The molecule has 1 N–H and O–H groups in total. The highest BCUT2D eigenvalue weighted by molar-refractivity contribution is 9.10. The van der Waals surface area contributed by atoms with Gasteiger partial charge in [-0.05, 0) is 43.2 Å². The zero-order chi connectivity index (χ0) is 19.4. The fraction of sp³-hybridized carbons (Fsp3) is 0.316. The third-order valence-electron chi connectivity index (χ3n) is 4.57. The molecule has 1 saturated heterocycles. The summed E-state index contributed by atoms with van der Waals surface area (Å²) < 4.78 is 33.3. The van der Waals surface area contributed by atoms with E-state index >= 15 is 0 Å². The number of benzene rings is 2. The summed E-state index contributed by atoms with van der Waals surface area (Å²) in [7, 11) is -2.14. The standard InChI is InChI=1S/C19H21BrN2O4S/c1-26-18-7-3-2-5-14(18)13-21-19(23)17-6-4-12-22(17)27(24,25)16-10-8-15(20)9-11-16/h2-3,5,7-11,17H,4,6,12-13H2,1H3,(H,21,23). The minimum Gasteiger partial charge on any atom is -0.496 e. The first kappa shape index (κ1) is 19.9. The Hall–Kier alpha value is -1.90. The first-order chi connectivity index (χ1) is 12.9. The first-order valence-corrected chi connectivity index (χ1v) is 10.8. The number of halogens is 1. The van der Waals surface area contributed by atoms with Crippen LogP contribution in [0.4, 0.5) is 0 Å². The average Bonchev–Trinajstić information content (AvgIpc) is 3.17. The normalized spacial score (nSPS) is 17.6. The molecule has 0 saturated carbocycles. The highest BCUT2D eigenvalue weighted by atomic mass is 79.9. The predicted octanol–water partition coefficient (Wildman–Crippen LogP) is 2.93. The summed E-state index contributed by atoms with van der Waals surface area (Å²) >= 11 is 3.30. The van der Waals surface area contributed by atoms with E-state index in [9.17, 15) is 13.2 Å². The van der Waals surface area contributed by atoms with Gasteiger partial charge in [0, 0.05) is 23.1 Å². The van der Waals surface area contributed by atoms with E-state index in [-0.39, 0.29) is 17.3 Å². The minimum atomic E-state index is -3.72. The van der Waals surface area contributed by atoms with Crippen LogP contribution in [0.3, 0.4) is 0 Å². The Bertz CT molecular complexity index is 916. The van der Waals surface area contributed by atoms with Gasteiger partial charge in [0.2, 0.25) is 15.9 Å². The lowest BCUT2D eigenvalue weighted by atomic mass is 10.2. The van der Waals surface area contributed by atoms with Gasteiger partial charge in [0.1, 0.15) is 11.8 Å². The summed E-state index contributed by atoms with van der Waals surface area (Å²) in [5, 5.41) is 2.85. The van der Waals surface area contributed by atoms with Gasteiger partial charge in [0.05, 0.1) is 12.0 Å². The molecular formula is C19H21BrN2O4S. The van der Waals surface area contributed by atoms with Gasteiger partial charge in [0.15, 0.2) is 0 Å². The second kappa shape index (κ2) is 8.41. The molecule has 1 atom stereocenters. The number of methoxy groups -OCH3 is 1. The number of hydrogen-bond acceptors (Lipinski definition) is 4. The number of ether oxygens (including phenoxy) is 1. The molecule has 0 aromatic heterocycles. The number of amides is 1. The van der Waals surface area contributed by atoms with Crippen molar-refractivity contribution in [1.29, 1.82) is 0 Å². The van der Waals surface area contributed by atoms with Gasteiger partial charge >= 0.3 is 0 Å². The second-order valence-corrected chi connectivity index (χ2v) is 9.06. The highest BCUT2D eigenvalue weighted by Gasteiger charge is 2.39. The Morgan fingerprint density at radius 1 is 1.22 bits per heavy atom. The molecule has 0 radical (unpaired) electrons. The molecule has 0 bridgehead atoms. The van der Waals surface area contributed by atoms with Crippen molar-refractivity contribution in [3.8, 4) is 5.75 Å². The van der Waals surface area contributed by atoms with Crippen LogP contribution in [0.5, 0.6) is 5.75 Å². The van der Waals surface area contributed by atoms with Crippen molar-refractivity contribution in [2.75, 3.05) is 13.7 Å². The highest BCUT2D eigenvalue weighted by Crippen LogP contribution is 2.27. The molecule has 27 heavy (non-hydrogen) atoms. The monoisotopic (exact) mass is 452 g/mol. The van der Waals surface area contributed by atoms with E-state index in [4.69, 9.17) is 4.74 Å². The Morgan fingerprint density at radius 3 is 2.63 bits per heavy atom. The summed E-state index contributed by atoms with van der Waals surface area (Å²) in [6, 6.07) is 13.2. The van der Waals surface area contributed by atoms with E-state index < -0.39 is 16.1 Å². The molecule has 2 aromatic carbocycles. The van der Waals surface area contributed by atoms with Crippen LogP contribution in [0.1, 0.15) is 18.4 Å². The lowest BCUT2D eigenvalue weighted by Gasteiger charge is -2.23. The minimum absolute atomic E-state index is 0.190. The Labute approximate surface area is 167 Å². The van der Waals surface area contributed by atoms with Crippen molar-refractivity contribution < 1.29 is 17.9 Å². The third-order valence-corrected chi connectivity index (χ3v) is 7.02. The van der Waals surface area contributed by atoms with Crippen molar-refractivity contribution in [3.05, 3.63) is 58.6 Å². The maximum Gasteiger partial charge on any atom is 0.243 e. The zero-order valence-corrected chi connectivity index (χ0v) is 17.3. The summed E-state index contributed by atoms with van der Waals surface area (Å²) in [6.45, 7) is 0.622. The van der Waals surface area contributed by atoms with Crippen LogP contribution in [-0.4, -0.2) is 38.3 Å². The van der Waals surface area contributed by atoms with Gasteiger partial charge in [-0.1, -0.05) is 34.1 Å². The SMILES string of the molecule is COc1ccccc1CNC(=O)C1CCCN1S(=O)(=O)c1ccc(Br)cc1. The van der Waals surface area contributed by atoms with Gasteiger partial charge in [-0.25, -0.2) is 8.42 Å². The smallest absolute Gasteiger partial charge is 0.243 e. The van der Waals surface area contributed by atoms with Gasteiger partial charge in [-0.15, -0.1) is 0 Å². The molecule has 1 heterocycles. The quantitative estimate of drug-likeness (QED) is 0.730. The number of carbonyl (C=O) groups excluding carboxylic acids is 1. The molecule has 1 unspecified atom stereocenters. The van der Waals surface area contributed by atoms with E-state index in [1.54, 1.807) is 31.4 Å². The maximum atomic E-state index is 12.9. The number of para-hydroxylation sites is 1. The predicted molar refractivity (Wildman–Crippen MR) is 106 cm³/mol. The number of sulfonamides is 1. The number of nitrogens with one attached hydrogen (secondary N) is 1. The van der Waals surface area contributed by atoms with Crippen LogP contribution in [0.2, 0.25) is 0 Å². The lowest BCUT2D eigenvalue weighted by Crippen LogP contribution is -2.45. The van der Waals surface area contributed by atoms with E-state index in [0.717, 1.165) is 10.0 Å². The van der Waals surface area contributed by atoms with Gasteiger partial charge in [-0.3, -0.25) is 4.79 Å². The largest absolute Gasteiger partial charge is 0.496 e. The fourth-order valence-electron chi connectivity index (χ4n) is 3.18. The molecule has 0 spiro atoms. The van der Waals surface area contributed by atoms with E-state index in [1.165, 1.54) is 4.31 Å². The third kappa shape index (κ3) is 4.34. The van der Waals surface area contributed by atoms with Crippen LogP contribution in [-0.2, 0) is 21.4 Å². The van der Waals surface area contributed by atoms with Crippen molar-refractivity contribution in [2.45, 2.75) is 30.3 Å². The van der Waals surface area contributed by atoms with E-state index in [1.807, 2.05) is 24.3 Å². The van der Waals surface area contributed by atoms with Crippen LogP contribution in [0, 0.1) is 0 Å². The second-order valence-electron chi connectivity index (χ2n) is 6.26. The zero-order valence-electron chi connectivity index (χ0n) is 14.9. The van der Waals surface area contributed by atoms with Crippen molar-refractivity contribution in [3.63, 3.8) is 0 Å². The summed E-state index contributed by atoms with van der Waals surface area (Å²) in [5.41, 5.74) is 0.841. The van der Waals surface area contributed by atoms with Gasteiger partial charge in [0.25, 0.3) is 0 Å². The molecule has 3 rings (SSSR count). The topological polar surface area (TPSA) is 75.7 Å². The summed E-state index contributed by atoms with van der Waals surface area (Å²) in [5.74, 6) is 0.391. The molecule has 0 aliphatic carbocycles. The Balaban J connectivity index is 1.73.